The molecule has 1 aliphatic heterocycles. The summed E-state index contributed by atoms with van der Waals surface area (Å²) in [6.45, 7) is 1.90. The number of aliphatic hydroxyl groups is 1. The van der Waals surface area contributed by atoms with Crippen LogP contribution >= 0.6 is 0 Å². The first kappa shape index (κ1) is 9.96. The Labute approximate surface area is 74.8 Å². The van der Waals surface area contributed by atoms with Gasteiger partial charge >= 0.3 is 0 Å². The van der Waals surface area contributed by atoms with Crippen molar-refractivity contribution in [2.24, 2.45) is 0 Å². The molecule has 1 aliphatic rings. The van der Waals surface area contributed by atoms with Gasteiger partial charge in [0, 0.05) is 12.6 Å². The molecule has 0 saturated carbocycles. The summed E-state index contributed by atoms with van der Waals surface area (Å²) >= 11 is 0. The molecule has 1 heterocycles. The largest absolute Gasteiger partial charge is 0.392 e. The van der Waals surface area contributed by atoms with Crippen LogP contribution in [-0.2, 0) is 0 Å². The number of nitrogens with zero attached hydrogens (tertiary/aromatic N) is 1. The van der Waals surface area contributed by atoms with E-state index in [0.717, 1.165) is 6.42 Å². The Bertz CT molecular complexity index is 130. The molecule has 1 fully saturated rings. The molecule has 1 rings (SSSR count). The van der Waals surface area contributed by atoms with Crippen LogP contribution in [0.25, 0.3) is 0 Å². The van der Waals surface area contributed by atoms with E-state index in [0.29, 0.717) is 12.6 Å². The lowest BCUT2D eigenvalue weighted by Gasteiger charge is -2.22. The van der Waals surface area contributed by atoms with Gasteiger partial charge in [0.05, 0.1) is 6.10 Å². The molecule has 3 nitrogen and oxygen atoms in total. The molecule has 0 aromatic rings. The fourth-order valence-electron chi connectivity index (χ4n) is 1.91. The van der Waals surface area contributed by atoms with Gasteiger partial charge < -0.3 is 15.3 Å². The van der Waals surface area contributed by atoms with E-state index >= 15 is 0 Å². The molecule has 12 heavy (non-hydrogen) atoms. The third-order valence-electron chi connectivity index (χ3n) is 2.66. The van der Waals surface area contributed by atoms with E-state index in [9.17, 15) is 5.11 Å². The first-order valence-electron chi connectivity index (χ1n) is 4.77. The summed E-state index contributed by atoms with van der Waals surface area (Å²) in [6, 6.07) is 0.605. The number of likely N-dealkylation sites (N-methyl/N-ethyl adjacent to an activating group) is 1. The Morgan fingerprint density at radius 3 is 2.92 bits per heavy atom. The van der Waals surface area contributed by atoms with Crippen molar-refractivity contribution >= 4 is 0 Å². The van der Waals surface area contributed by atoms with Crippen LogP contribution in [0.15, 0.2) is 0 Å². The molecular weight excluding hydrogens is 152 g/mol. The molecule has 72 valence electrons. The van der Waals surface area contributed by atoms with E-state index in [2.05, 4.69) is 17.3 Å². The Morgan fingerprint density at radius 2 is 2.42 bits per heavy atom. The summed E-state index contributed by atoms with van der Waals surface area (Å²) in [7, 11) is 4.02. The molecule has 0 aliphatic carbocycles. The maximum atomic E-state index is 9.54. The number of hydrogen-bond acceptors (Lipinski definition) is 3. The normalized spacial score (nSPS) is 27.8. The second kappa shape index (κ2) is 4.80. The van der Waals surface area contributed by atoms with Crippen molar-refractivity contribution in [1.82, 2.24) is 10.2 Å². The van der Waals surface area contributed by atoms with Crippen molar-refractivity contribution in [3.63, 3.8) is 0 Å². The third-order valence-corrected chi connectivity index (χ3v) is 2.66. The van der Waals surface area contributed by atoms with E-state index in [1.54, 1.807) is 0 Å². The van der Waals surface area contributed by atoms with E-state index in [1.807, 2.05) is 7.05 Å². The van der Waals surface area contributed by atoms with Crippen molar-refractivity contribution in [3.05, 3.63) is 0 Å². The second-order valence-electron chi connectivity index (χ2n) is 3.72. The van der Waals surface area contributed by atoms with Gasteiger partial charge in [0.25, 0.3) is 0 Å². The highest BCUT2D eigenvalue weighted by Crippen LogP contribution is 2.18. The SMILES string of the molecule is CNCC(O)CC1CCCN1C. The van der Waals surface area contributed by atoms with Gasteiger partial charge in [-0.25, -0.2) is 0 Å². The maximum Gasteiger partial charge on any atom is 0.0679 e. The van der Waals surface area contributed by atoms with E-state index in [-0.39, 0.29) is 6.10 Å². The van der Waals surface area contributed by atoms with Crippen molar-refractivity contribution in [3.8, 4) is 0 Å². The zero-order valence-electron chi connectivity index (χ0n) is 8.08. The van der Waals surface area contributed by atoms with Gasteiger partial charge in [-0.2, -0.15) is 0 Å². The van der Waals surface area contributed by atoms with E-state index in [1.165, 1.54) is 19.4 Å². The summed E-state index contributed by atoms with van der Waals surface area (Å²) < 4.78 is 0. The Hall–Kier alpha value is -0.120. The Balaban J connectivity index is 2.20. The molecular formula is C9H20N2O. The van der Waals surface area contributed by atoms with Gasteiger partial charge in [-0.15, -0.1) is 0 Å². The van der Waals surface area contributed by atoms with Crippen LogP contribution in [0.4, 0.5) is 0 Å². The minimum Gasteiger partial charge on any atom is -0.392 e. The molecule has 2 unspecified atom stereocenters. The topological polar surface area (TPSA) is 35.5 Å². The molecule has 2 atom stereocenters. The average Bonchev–Trinajstić information content (AvgIpc) is 2.37. The van der Waals surface area contributed by atoms with Gasteiger partial charge in [0.2, 0.25) is 0 Å². The van der Waals surface area contributed by atoms with Crippen molar-refractivity contribution < 1.29 is 5.11 Å². The van der Waals surface area contributed by atoms with Crippen LogP contribution in [0.5, 0.6) is 0 Å². The van der Waals surface area contributed by atoms with Crippen molar-refractivity contribution in [2.75, 3.05) is 27.2 Å². The van der Waals surface area contributed by atoms with Crippen LogP contribution < -0.4 is 5.32 Å². The van der Waals surface area contributed by atoms with Crippen LogP contribution in [0.1, 0.15) is 19.3 Å². The summed E-state index contributed by atoms with van der Waals surface area (Å²) in [4.78, 5) is 2.35. The molecule has 0 bridgehead atoms. The van der Waals surface area contributed by atoms with E-state index < -0.39 is 0 Å². The van der Waals surface area contributed by atoms with Gasteiger partial charge in [0.15, 0.2) is 0 Å². The first-order chi connectivity index (χ1) is 5.74. The number of likely N-dealkylation sites (tertiary alicyclic amines) is 1. The molecule has 0 amide bonds. The highest BCUT2D eigenvalue weighted by molar-refractivity contribution is 4.79. The van der Waals surface area contributed by atoms with Gasteiger partial charge in [0.1, 0.15) is 0 Å². The van der Waals surface area contributed by atoms with Crippen molar-refractivity contribution in [2.45, 2.75) is 31.4 Å². The number of hydrogen-bond donors (Lipinski definition) is 2. The Morgan fingerprint density at radius 1 is 1.67 bits per heavy atom. The van der Waals surface area contributed by atoms with Crippen molar-refractivity contribution in [1.29, 1.82) is 0 Å². The third kappa shape index (κ3) is 2.73. The fourth-order valence-corrected chi connectivity index (χ4v) is 1.91. The van der Waals surface area contributed by atoms with Crippen LogP contribution in [0.2, 0.25) is 0 Å². The number of rotatable bonds is 4. The lowest BCUT2D eigenvalue weighted by atomic mass is 10.1. The predicted molar refractivity (Wildman–Crippen MR) is 50.2 cm³/mol. The molecule has 1 saturated heterocycles. The van der Waals surface area contributed by atoms with Crippen LogP contribution in [0.3, 0.4) is 0 Å². The summed E-state index contributed by atoms with van der Waals surface area (Å²) in [5, 5.41) is 12.5. The van der Waals surface area contributed by atoms with E-state index in [4.69, 9.17) is 0 Å². The van der Waals surface area contributed by atoms with Gasteiger partial charge in [-0.3, -0.25) is 0 Å². The van der Waals surface area contributed by atoms with Crippen LogP contribution in [0, 0.1) is 0 Å². The minimum absolute atomic E-state index is 0.180. The maximum absolute atomic E-state index is 9.54. The highest BCUT2D eigenvalue weighted by atomic mass is 16.3. The predicted octanol–water partition coefficient (Wildman–Crippen LogP) is 0.0510. The minimum atomic E-state index is -0.180. The number of aliphatic hydroxyl groups excluding tert-OH is 1. The zero-order valence-corrected chi connectivity index (χ0v) is 8.08. The standard InChI is InChI=1S/C9H20N2O/c1-10-7-9(12)6-8-4-3-5-11(8)2/h8-10,12H,3-7H2,1-2H3. The average molecular weight is 172 g/mol. The van der Waals surface area contributed by atoms with Gasteiger partial charge in [-0.05, 0) is 39.9 Å². The summed E-state index contributed by atoms with van der Waals surface area (Å²) in [6.07, 6.45) is 3.27. The first-order valence-corrected chi connectivity index (χ1v) is 4.77. The van der Waals surface area contributed by atoms with Gasteiger partial charge in [-0.1, -0.05) is 0 Å². The molecule has 0 spiro atoms. The monoisotopic (exact) mass is 172 g/mol. The molecule has 0 aromatic carbocycles. The lowest BCUT2D eigenvalue weighted by molar-refractivity contribution is 0.129. The number of nitrogens with one attached hydrogen (secondary N) is 1. The fraction of sp³-hybridized carbons (Fsp3) is 1.00. The molecule has 0 aromatic heterocycles. The molecule has 0 radical (unpaired) electrons. The van der Waals surface area contributed by atoms with Crippen LogP contribution in [-0.4, -0.2) is 49.3 Å². The molecule has 2 N–H and O–H groups in total. The molecule has 3 heteroatoms. The summed E-state index contributed by atoms with van der Waals surface area (Å²) in [5.41, 5.74) is 0. The second-order valence-corrected chi connectivity index (χ2v) is 3.72. The lowest BCUT2D eigenvalue weighted by Crippen LogP contribution is -2.33. The summed E-state index contributed by atoms with van der Waals surface area (Å²) in [5.74, 6) is 0. The quantitative estimate of drug-likeness (QED) is 0.629. The smallest absolute Gasteiger partial charge is 0.0679 e. The zero-order chi connectivity index (χ0) is 8.97. The Kier molecular flexibility index (Phi) is 3.98. The highest BCUT2D eigenvalue weighted by Gasteiger charge is 2.22.